The highest BCUT2D eigenvalue weighted by molar-refractivity contribution is 5.26. The molecule has 3 heterocycles. The number of fused-ring (bicyclic) bond motifs is 3. The summed E-state index contributed by atoms with van der Waals surface area (Å²) in [6, 6.07) is 25.9. The minimum absolute atomic E-state index is 0.125. The zero-order valence-electron chi connectivity index (χ0n) is 13.5. The Bertz CT molecular complexity index is 827. The SMILES string of the molecule is c1ccc(CN2O[C@H](c3ccccc3)[C@H]3Cn4cccc4[C@H]32)cc1. The lowest BCUT2D eigenvalue weighted by Gasteiger charge is -2.22. The number of benzene rings is 2. The van der Waals surface area contributed by atoms with Crippen molar-refractivity contribution in [2.24, 2.45) is 5.92 Å². The Kier molecular flexibility index (Phi) is 3.28. The summed E-state index contributed by atoms with van der Waals surface area (Å²) >= 11 is 0. The smallest absolute Gasteiger partial charge is 0.111 e. The van der Waals surface area contributed by atoms with Crippen molar-refractivity contribution in [2.75, 3.05) is 0 Å². The van der Waals surface area contributed by atoms with E-state index in [4.69, 9.17) is 4.84 Å². The molecule has 0 radical (unpaired) electrons. The summed E-state index contributed by atoms with van der Waals surface area (Å²) in [5.41, 5.74) is 3.93. The molecule has 120 valence electrons. The second-order valence-corrected chi connectivity index (χ2v) is 6.69. The first-order valence-electron chi connectivity index (χ1n) is 8.57. The van der Waals surface area contributed by atoms with E-state index in [1.807, 2.05) is 0 Å². The van der Waals surface area contributed by atoms with Crippen molar-refractivity contribution >= 4 is 0 Å². The molecule has 0 aliphatic carbocycles. The second-order valence-electron chi connectivity index (χ2n) is 6.69. The lowest BCUT2D eigenvalue weighted by Crippen LogP contribution is -2.22. The van der Waals surface area contributed by atoms with Gasteiger partial charge in [0.15, 0.2) is 0 Å². The van der Waals surface area contributed by atoms with Crippen LogP contribution < -0.4 is 0 Å². The zero-order valence-corrected chi connectivity index (χ0v) is 13.5. The van der Waals surface area contributed by atoms with Crippen molar-refractivity contribution in [3.8, 4) is 0 Å². The van der Waals surface area contributed by atoms with E-state index < -0.39 is 0 Å². The number of hydrogen-bond acceptors (Lipinski definition) is 2. The minimum atomic E-state index is 0.125. The third-order valence-electron chi connectivity index (χ3n) is 5.24. The van der Waals surface area contributed by atoms with E-state index in [1.165, 1.54) is 16.8 Å². The maximum atomic E-state index is 6.46. The summed E-state index contributed by atoms with van der Waals surface area (Å²) in [5.74, 6) is 0.465. The Morgan fingerprint density at radius 3 is 2.42 bits per heavy atom. The van der Waals surface area contributed by atoms with Crippen molar-refractivity contribution in [3.05, 3.63) is 95.8 Å². The largest absolute Gasteiger partial charge is 0.349 e. The number of hydroxylamine groups is 2. The number of aromatic nitrogens is 1. The van der Waals surface area contributed by atoms with E-state index in [-0.39, 0.29) is 6.10 Å². The summed E-state index contributed by atoms with van der Waals surface area (Å²) in [7, 11) is 0. The molecule has 3 atom stereocenters. The van der Waals surface area contributed by atoms with Gasteiger partial charge < -0.3 is 4.57 Å². The van der Waals surface area contributed by atoms with Gasteiger partial charge in [-0.2, -0.15) is 5.06 Å². The molecule has 2 aliphatic rings. The quantitative estimate of drug-likeness (QED) is 0.715. The van der Waals surface area contributed by atoms with Gasteiger partial charge in [0, 0.05) is 30.9 Å². The molecule has 1 aromatic heterocycles. The average Bonchev–Trinajstić information content (AvgIpc) is 3.29. The number of hydrogen-bond donors (Lipinski definition) is 0. The van der Waals surface area contributed by atoms with E-state index in [9.17, 15) is 0 Å². The Morgan fingerprint density at radius 1 is 0.875 bits per heavy atom. The van der Waals surface area contributed by atoms with E-state index in [2.05, 4.69) is 88.6 Å². The van der Waals surface area contributed by atoms with Crippen molar-refractivity contribution in [3.63, 3.8) is 0 Å². The maximum Gasteiger partial charge on any atom is 0.111 e. The Morgan fingerprint density at radius 2 is 1.62 bits per heavy atom. The van der Waals surface area contributed by atoms with Crippen LogP contribution in [0.1, 0.15) is 29.0 Å². The predicted octanol–water partition coefficient (Wildman–Crippen LogP) is 4.35. The van der Waals surface area contributed by atoms with Gasteiger partial charge in [-0.05, 0) is 23.3 Å². The van der Waals surface area contributed by atoms with Gasteiger partial charge >= 0.3 is 0 Å². The van der Waals surface area contributed by atoms with Crippen LogP contribution in [0.3, 0.4) is 0 Å². The zero-order chi connectivity index (χ0) is 15.9. The molecule has 0 N–H and O–H groups in total. The molecule has 24 heavy (non-hydrogen) atoms. The first kappa shape index (κ1) is 14.0. The summed E-state index contributed by atoms with van der Waals surface area (Å²) < 4.78 is 2.38. The molecule has 3 heteroatoms. The lowest BCUT2D eigenvalue weighted by atomic mass is 9.91. The van der Waals surface area contributed by atoms with Gasteiger partial charge in [-0.15, -0.1) is 0 Å². The topological polar surface area (TPSA) is 17.4 Å². The van der Waals surface area contributed by atoms with Gasteiger partial charge in [0.05, 0.1) is 6.04 Å². The van der Waals surface area contributed by atoms with Crippen LogP contribution in [0, 0.1) is 5.92 Å². The van der Waals surface area contributed by atoms with Gasteiger partial charge in [-0.1, -0.05) is 60.7 Å². The molecule has 0 unspecified atom stereocenters. The normalized spacial score (nSPS) is 25.6. The molecule has 2 aliphatic heterocycles. The molecule has 3 aromatic rings. The fraction of sp³-hybridized carbons (Fsp3) is 0.238. The van der Waals surface area contributed by atoms with E-state index in [1.54, 1.807) is 0 Å². The lowest BCUT2D eigenvalue weighted by molar-refractivity contribution is -0.174. The predicted molar refractivity (Wildman–Crippen MR) is 92.9 cm³/mol. The van der Waals surface area contributed by atoms with Crippen LogP contribution >= 0.6 is 0 Å². The molecular weight excluding hydrogens is 296 g/mol. The van der Waals surface area contributed by atoms with Crippen molar-refractivity contribution < 1.29 is 4.84 Å². The molecular formula is C21H20N2O. The van der Waals surface area contributed by atoms with Gasteiger partial charge in [0.2, 0.25) is 0 Å². The average molecular weight is 316 g/mol. The standard InChI is InChI=1S/C21H20N2O/c1-3-8-16(9-4-1)14-23-20-18(15-22-13-7-12-19(20)22)21(24-23)17-10-5-2-6-11-17/h1-13,18,20-21H,14-15H2/t18-,20-,21+/m0/s1. The van der Waals surface area contributed by atoms with Crippen molar-refractivity contribution in [1.82, 2.24) is 9.63 Å². The molecule has 0 saturated carbocycles. The van der Waals surface area contributed by atoms with E-state index >= 15 is 0 Å². The minimum Gasteiger partial charge on any atom is -0.349 e. The van der Waals surface area contributed by atoms with Gasteiger partial charge in [0.1, 0.15) is 6.10 Å². The molecule has 5 rings (SSSR count). The maximum absolute atomic E-state index is 6.46. The Hall–Kier alpha value is -2.36. The molecule has 0 spiro atoms. The van der Waals surface area contributed by atoms with Crippen LogP contribution in [0.5, 0.6) is 0 Å². The molecule has 0 amide bonds. The summed E-state index contributed by atoms with van der Waals surface area (Å²) in [6.07, 6.45) is 2.32. The van der Waals surface area contributed by atoms with Gasteiger partial charge in [-0.3, -0.25) is 4.84 Å². The van der Waals surface area contributed by atoms with Crippen molar-refractivity contribution in [1.29, 1.82) is 0 Å². The number of rotatable bonds is 3. The van der Waals surface area contributed by atoms with Crippen LogP contribution in [-0.4, -0.2) is 9.63 Å². The monoisotopic (exact) mass is 316 g/mol. The fourth-order valence-corrected chi connectivity index (χ4v) is 4.17. The fourth-order valence-electron chi connectivity index (χ4n) is 4.17. The molecule has 1 saturated heterocycles. The molecule has 2 aromatic carbocycles. The van der Waals surface area contributed by atoms with Gasteiger partial charge in [-0.25, -0.2) is 0 Å². The van der Waals surface area contributed by atoms with E-state index in [0.29, 0.717) is 12.0 Å². The third kappa shape index (κ3) is 2.20. The Labute approximate surface area is 142 Å². The first-order chi connectivity index (χ1) is 11.9. The molecule has 3 nitrogen and oxygen atoms in total. The Balaban J connectivity index is 1.50. The number of nitrogens with zero attached hydrogens (tertiary/aromatic N) is 2. The highest BCUT2D eigenvalue weighted by Gasteiger charge is 2.49. The summed E-state index contributed by atoms with van der Waals surface area (Å²) in [4.78, 5) is 6.46. The van der Waals surface area contributed by atoms with Crippen LogP contribution in [-0.2, 0) is 17.9 Å². The van der Waals surface area contributed by atoms with Crippen LogP contribution in [0.4, 0.5) is 0 Å². The summed E-state index contributed by atoms with van der Waals surface area (Å²) in [6.45, 7) is 1.84. The second kappa shape index (κ2) is 5.62. The van der Waals surface area contributed by atoms with Crippen LogP contribution in [0.15, 0.2) is 79.0 Å². The highest BCUT2D eigenvalue weighted by Crippen LogP contribution is 2.51. The van der Waals surface area contributed by atoms with Gasteiger partial charge in [0.25, 0.3) is 0 Å². The van der Waals surface area contributed by atoms with Crippen LogP contribution in [0.2, 0.25) is 0 Å². The third-order valence-corrected chi connectivity index (χ3v) is 5.24. The molecule has 1 fully saturated rings. The van der Waals surface area contributed by atoms with E-state index in [0.717, 1.165) is 13.1 Å². The first-order valence-corrected chi connectivity index (χ1v) is 8.57. The summed E-state index contributed by atoms with van der Waals surface area (Å²) in [5, 5.41) is 2.19. The molecule has 0 bridgehead atoms. The van der Waals surface area contributed by atoms with Crippen molar-refractivity contribution in [2.45, 2.75) is 25.2 Å². The highest BCUT2D eigenvalue weighted by atomic mass is 16.7. The van der Waals surface area contributed by atoms with Crippen LogP contribution in [0.25, 0.3) is 0 Å².